The molecule has 0 fully saturated rings. The third-order valence-electron chi connectivity index (χ3n) is 5.27. The Labute approximate surface area is 195 Å². The van der Waals surface area contributed by atoms with Gasteiger partial charge in [0.15, 0.2) is 0 Å². The van der Waals surface area contributed by atoms with E-state index in [4.69, 9.17) is 9.47 Å². The van der Waals surface area contributed by atoms with E-state index in [1.807, 2.05) is 26.0 Å². The Bertz CT molecular complexity index is 1250. The molecule has 0 atom stereocenters. The SMILES string of the molecule is COc1ccc(C(=O)Nc2cc(C)ccc2OC)cc1CN(C)S(=O)(=O)c1ccc(C)cc1. The van der Waals surface area contributed by atoms with E-state index < -0.39 is 10.0 Å². The molecule has 8 heteroatoms. The third kappa shape index (κ3) is 5.53. The van der Waals surface area contributed by atoms with Crippen LogP contribution in [0.1, 0.15) is 27.0 Å². The van der Waals surface area contributed by atoms with E-state index in [-0.39, 0.29) is 17.3 Å². The van der Waals surface area contributed by atoms with Gasteiger partial charge in [0.2, 0.25) is 10.0 Å². The van der Waals surface area contributed by atoms with Crippen LogP contribution < -0.4 is 14.8 Å². The highest BCUT2D eigenvalue weighted by Crippen LogP contribution is 2.28. The molecule has 0 unspecified atom stereocenters. The summed E-state index contributed by atoms with van der Waals surface area (Å²) in [6.45, 7) is 3.85. The van der Waals surface area contributed by atoms with Crippen molar-refractivity contribution in [3.8, 4) is 11.5 Å². The molecule has 0 saturated carbocycles. The lowest BCUT2D eigenvalue weighted by Gasteiger charge is -2.19. The first-order valence-corrected chi connectivity index (χ1v) is 11.8. The van der Waals surface area contributed by atoms with Crippen molar-refractivity contribution in [1.82, 2.24) is 4.31 Å². The summed E-state index contributed by atoms with van der Waals surface area (Å²) < 4.78 is 38.0. The normalized spacial score (nSPS) is 11.3. The van der Waals surface area contributed by atoms with E-state index in [9.17, 15) is 13.2 Å². The van der Waals surface area contributed by atoms with Gasteiger partial charge in [0.1, 0.15) is 11.5 Å². The molecule has 0 spiro atoms. The Morgan fingerprint density at radius 1 is 0.879 bits per heavy atom. The fourth-order valence-corrected chi connectivity index (χ4v) is 4.52. The first-order valence-electron chi connectivity index (χ1n) is 10.3. The molecule has 174 valence electrons. The number of nitrogens with one attached hydrogen (secondary N) is 1. The van der Waals surface area contributed by atoms with E-state index in [0.29, 0.717) is 28.3 Å². The predicted molar refractivity (Wildman–Crippen MR) is 129 cm³/mol. The maximum absolute atomic E-state index is 13.0. The number of carbonyl (C=O) groups excluding carboxylic acids is 1. The molecule has 1 N–H and O–H groups in total. The van der Waals surface area contributed by atoms with Gasteiger partial charge in [-0.15, -0.1) is 0 Å². The average molecular weight is 469 g/mol. The van der Waals surface area contributed by atoms with Gasteiger partial charge < -0.3 is 14.8 Å². The van der Waals surface area contributed by atoms with Crippen LogP contribution in [0, 0.1) is 13.8 Å². The van der Waals surface area contributed by atoms with E-state index in [1.165, 1.54) is 25.6 Å². The number of amides is 1. The van der Waals surface area contributed by atoms with Crippen molar-refractivity contribution in [3.63, 3.8) is 0 Å². The summed E-state index contributed by atoms with van der Waals surface area (Å²) in [6.07, 6.45) is 0. The summed E-state index contributed by atoms with van der Waals surface area (Å²) in [5.74, 6) is 0.698. The topological polar surface area (TPSA) is 84.9 Å². The van der Waals surface area contributed by atoms with Gasteiger partial charge in [-0.1, -0.05) is 23.8 Å². The van der Waals surface area contributed by atoms with Crippen LogP contribution >= 0.6 is 0 Å². The van der Waals surface area contributed by atoms with Crippen molar-refractivity contribution in [3.05, 3.63) is 82.9 Å². The van der Waals surface area contributed by atoms with Gasteiger partial charge in [0.05, 0.1) is 24.8 Å². The lowest BCUT2D eigenvalue weighted by Crippen LogP contribution is -2.27. The molecule has 0 aliphatic carbocycles. The van der Waals surface area contributed by atoms with Crippen LogP contribution in [-0.4, -0.2) is 39.9 Å². The van der Waals surface area contributed by atoms with Crippen molar-refractivity contribution in [2.75, 3.05) is 26.6 Å². The van der Waals surface area contributed by atoms with Crippen molar-refractivity contribution in [2.24, 2.45) is 0 Å². The number of carbonyl (C=O) groups is 1. The fraction of sp³-hybridized carbons (Fsp3) is 0.240. The van der Waals surface area contributed by atoms with Gasteiger partial charge in [0, 0.05) is 24.7 Å². The summed E-state index contributed by atoms with van der Waals surface area (Å²) in [7, 11) is 0.828. The summed E-state index contributed by atoms with van der Waals surface area (Å²) >= 11 is 0. The number of rotatable bonds is 8. The first kappa shape index (κ1) is 24.3. The second kappa shape index (κ2) is 10.1. The number of anilines is 1. The molecule has 0 heterocycles. The largest absolute Gasteiger partial charge is 0.496 e. The van der Waals surface area contributed by atoms with Crippen LogP contribution in [0.15, 0.2) is 65.6 Å². The molecule has 0 bridgehead atoms. The zero-order chi connectivity index (χ0) is 24.2. The number of methoxy groups -OCH3 is 2. The van der Waals surface area contributed by atoms with Crippen LogP contribution in [0.3, 0.4) is 0 Å². The minimum Gasteiger partial charge on any atom is -0.496 e. The van der Waals surface area contributed by atoms with Crippen LogP contribution in [0.2, 0.25) is 0 Å². The maximum atomic E-state index is 13.0. The Morgan fingerprint density at radius 2 is 1.48 bits per heavy atom. The summed E-state index contributed by atoms with van der Waals surface area (Å²) in [4.78, 5) is 13.1. The highest BCUT2D eigenvalue weighted by atomic mass is 32.2. The molecule has 0 aliphatic rings. The number of nitrogens with zero attached hydrogens (tertiary/aromatic N) is 1. The first-order chi connectivity index (χ1) is 15.6. The summed E-state index contributed by atoms with van der Waals surface area (Å²) in [5, 5.41) is 2.86. The highest BCUT2D eigenvalue weighted by Gasteiger charge is 2.23. The molecular formula is C25H28N2O5S. The molecule has 3 aromatic rings. The molecule has 0 aromatic heterocycles. The predicted octanol–water partition coefficient (Wildman–Crippen LogP) is 4.39. The Morgan fingerprint density at radius 3 is 2.12 bits per heavy atom. The summed E-state index contributed by atoms with van der Waals surface area (Å²) in [5.41, 5.74) is 3.45. The Balaban J connectivity index is 1.87. The van der Waals surface area contributed by atoms with E-state index in [1.54, 1.807) is 48.5 Å². The molecule has 7 nitrogen and oxygen atoms in total. The number of sulfonamides is 1. The number of aryl methyl sites for hydroxylation is 2. The van der Waals surface area contributed by atoms with Gasteiger partial charge in [0.25, 0.3) is 5.91 Å². The van der Waals surface area contributed by atoms with Crippen molar-refractivity contribution < 1.29 is 22.7 Å². The lowest BCUT2D eigenvalue weighted by molar-refractivity contribution is 0.102. The van der Waals surface area contributed by atoms with Crippen molar-refractivity contribution in [2.45, 2.75) is 25.3 Å². The minimum absolute atomic E-state index is 0.0360. The summed E-state index contributed by atoms with van der Waals surface area (Å²) in [6, 6.07) is 17.1. The number of ether oxygens (including phenoxy) is 2. The van der Waals surface area contributed by atoms with Gasteiger partial charge in [-0.2, -0.15) is 4.31 Å². The fourth-order valence-electron chi connectivity index (χ4n) is 3.37. The Kier molecular flexibility index (Phi) is 7.40. The van der Waals surface area contributed by atoms with Gasteiger partial charge in [-0.3, -0.25) is 4.79 Å². The third-order valence-corrected chi connectivity index (χ3v) is 7.09. The lowest BCUT2D eigenvalue weighted by atomic mass is 10.1. The van der Waals surface area contributed by atoms with E-state index in [0.717, 1.165) is 11.1 Å². The van der Waals surface area contributed by atoms with Crippen molar-refractivity contribution in [1.29, 1.82) is 0 Å². The van der Waals surface area contributed by atoms with Gasteiger partial charge >= 0.3 is 0 Å². The zero-order valence-electron chi connectivity index (χ0n) is 19.4. The molecular weight excluding hydrogens is 440 g/mol. The smallest absolute Gasteiger partial charge is 0.255 e. The molecule has 0 aliphatic heterocycles. The van der Waals surface area contributed by atoms with E-state index in [2.05, 4.69) is 5.32 Å². The van der Waals surface area contributed by atoms with E-state index >= 15 is 0 Å². The highest BCUT2D eigenvalue weighted by molar-refractivity contribution is 7.89. The van der Waals surface area contributed by atoms with Crippen LogP contribution in [0.4, 0.5) is 5.69 Å². The van der Waals surface area contributed by atoms with Crippen LogP contribution in [0.25, 0.3) is 0 Å². The quantitative estimate of drug-likeness (QED) is 0.530. The molecule has 3 aromatic carbocycles. The van der Waals surface area contributed by atoms with Crippen LogP contribution in [0.5, 0.6) is 11.5 Å². The average Bonchev–Trinajstić information content (AvgIpc) is 2.79. The molecule has 0 radical (unpaired) electrons. The second-order valence-electron chi connectivity index (χ2n) is 7.76. The molecule has 1 amide bonds. The number of hydrogen-bond donors (Lipinski definition) is 1. The van der Waals surface area contributed by atoms with Crippen LogP contribution in [-0.2, 0) is 16.6 Å². The number of benzene rings is 3. The second-order valence-corrected chi connectivity index (χ2v) is 9.80. The number of hydrogen-bond acceptors (Lipinski definition) is 5. The molecule has 33 heavy (non-hydrogen) atoms. The minimum atomic E-state index is -3.71. The monoisotopic (exact) mass is 468 g/mol. The van der Waals surface area contributed by atoms with Gasteiger partial charge in [-0.05, 0) is 61.9 Å². The zero-order valence-corrected chi connectivity index (χ0v) is 20.2. The van der Waals surface area contributed by atoms with Gasteiger partial charge in [-0.25, -0.2) is 8.42 Å². The Hall–Kier alpha value is -3.36. The maximum Gasteiger partial charge on any atom is 0.255 e. The molecule has 0 saturated heterocycles. The molecule has 3 rings (SSSR count). The standard InChI is InChI=1S/C25H28N2O5S/c1-17-6-10-21(11-7-17)33(29,30)27(3)16-20-15-19(9-13-23(20)31-4)25(28)26-22-14-18(2)8-12-24(22)32-5/h6-15H,16H2,1-5H3,(H,26,28). The van der Waals surface area contributed by atoms with Crippen molar-refractivity contribution >= 4 is 21.6 Å².